The fraction of sp³-hybridized carbons (Fsp3) is 1.00. The van der Waals surface area contributed by atoms with Crippen LogP contribution in [-0.2, 0) is 16.3 Å². The third-order valence-corrected chi connectivity index (χ3v) is 1.50. The zero-order chi connectivity index (χ0) is 6.62. The van der Waals surface area contributed by atoms with Gasteiger partial charge in [0.1, 0.15) is 0 Å². The van der Waals surface area contributed by atoms with Gasteiger partial charge in [0, 0.05) is 6.61 Å². The maximum atomic E-state index is 10.6. The van der Waals surface area contributed by atoms with Crippen molar-refractivity contribution in [3.63, 3.8) is 0 Å². The molecule has 0 saturated heterocycles. The summed E-state index contributed by atoms with van der Waals surface area (Å²) in [4.78, 5) is 10.6. The summed E-state index contributed by atoms with van der Waals surface area (Å²) in [6.07, 6.45) is 0.870. The van der Waals surface area contributed by atoms with Gasteiger partial charge in [0.15, 0.2) is 0 Å². The van der Waals surface area contributed by atoms with Crippen LogP contribution in [0.25, 0.3) is 0 Å². The Hall–Kier alpha value is 0.570. The zero-order valence-corrected chi connectivity index (χ0v) is 6.80. The highest BCUT2D eigenvalue weighted by atomic mass is 32.5. The van der Waals surface area contributed by atoms with Crippen LogP contribution in [0.2, 0.25) is 0 Å². The smallest absolute Gasteiger partial charge is 0.0500 e. The molecule has 50 valence electrons. The first-order chi connectivity index (χ1) is 3.56. The zero-order valence-electron chi connectivity index (χ0n) is 5.09. The molecular formula is C4H10O2PS-. The van der Waals surface area contributed by atoms with E-state index < -0.39 is 6.49 Å². The third kappa shape index (κ3) is 6.57. The van der Waals surface area contributed by atoms with Crippen LogP contribution in [-0.4, -0.2) is 13.3 Å². The van der Waals surface area contributed by atoms with Crippen molar-refractivity contribution >= 4 is 18.3 Å². The van der Waals surface area contributed by atoms with Crippen molar-refractivity contribution < 1.29 is 9.42 Å². The van der Waals surface area contributed by atoms with E-state index in [0.717, 1.165) is 6.42 Å². The minimum Gasteiger partial charge on any atom is -0.801 e. The predicted molar refractivity (Wildman–Crippen MR) is 36.5 cm³/mol. The molecule has 1 atom stereocenters. The normalized spacial score (nSPS) is 17.9. The summed E-state index contributed by atoms with van der Waals surface area (Å²) in [5.41, 5.74) is 0. The van der Waals surface area contributed by atoms with E-state index in [1.165, 1.54) is 6.66 Å². The van der Waals surface area contributed by atoms with Crippen LogP contribution in [0.5, 0.6) is 0 Å². The molecule has 0 aliphatic carbocycles. The van der Waals surface area contributed by atoms with E-state index in [1.807, 2.05) is 6.92 Å². The van der Waals surface area contributed by atoms with Crippen molar-refractivity contribution in [2.24, 2.45) is 0 Å². The molecule has 0 aliphatic heterocycles. The largest absolute Gasteiger partial charge is 0.801 e. The molecule has 0 aromatic rings. The predicted octanol–water partition coefficient (Wildman–Crippen LogP) is 0.713. The van der Waals surface area contributed by atoms with Gasteiger partial charge in [-0.05, 0) is 19.6 Å². The first kappa shape index (κ1) is 8.57. The van der Waals surface area contributed by atoms with Gasteiger partial charge in [-0.25, -0.2) is 0 Å². The van der Waals surface area contributed by atoms with Gasteiger partial charge < -0.3 is 9.42 Å². The van der Waals surface area contributed by atoms with E-state index >= 15 is 0 Å². The van der Waals surface area contributed by atoms with E-state index in [-0.39, 0.29) is 0 Å². The molecule has 0 saturated carbocycles. The second kappa shape index (κ2) is 3.57. The van der Waals surface area contributed by atoms with Gasteiger partial charge in [-0.2, -0.15) is 0 Å². The Bertz CT molecular complexity index is 98.2. The van der Waals surface area contributed by atoms with Gasteiger partial charge in [0.05, 0.1) is 0 Å². The lowest BCUT2D eigenvalue weighted by molar-refractivity contribution is -0.180. The summed E-state index contributed by atoms with van der Waals surface area (Å²) < 4.78 is 4.75. The molecule has 0 spiro atoms. The van der Waals surface area contributed by atoms with E-state index in [9.17, 15) is 4.89 Å². The Kier molecular flexibility index (Phi) is 3.82. The van der Waals surface area contributed by atoms with Crippen molar-refractivity contribution in [3.8, 4) is 0 Å². The average molecular weight is 153 g/mol. The van der Waals surface area contributed by atoms with E-state index in [0.29, 0.717) is 6.61 Å². The van der Waals surface area contributed by atoms with Gasteiger partial charge >= 0.3 is 0 Å². The van der Waals surface area contributed by atoms with E-state index in [2.05, 4.69) is 11.8 Å². The van der Waals surface area contributed by atoms with E-state index in [4.69, 9.17) is 4.52 Å². The number of hydrogen-bond donors (Lipinski definition) is 0. The van der Waals surface area contributed by atoms with Crippen molar-refractivity contribution in [1.82, 2.24) is 0 Å². The fourth-order valence-electron chi connectivity index (χ4n) is 0.257. The highest BCUT2D eigenvalue weighted by Crippen LogP contribution is 2.31. The van der Waals surface area contributed by atoms with Gasteiger partial charge in [0.25, 0.3) is 0 Å². The molecule has 0 rings (SSSR count). The quantitative estimate of drug-likeness (QED) is 0.560. The Morgan fingerprint density at radius 2 is 2.25 bits per heavy atom. The van der Waals surface area contributed by atoms with Crippen molar-refractivity contribution in [2.75, 3.05) is 13.3 Å². The summed E-state index contributed by atoms with van der Waals surface area (Å²) >= 11 is 4.48. The van der Waals surface area contributed by atoms with Gasteiger partial charge in [0.2, 0.25) is 0 Å². The van der Waals surface area contributed by atoms with Crippen LogP contribution in [0.4, 0.5) is 0 Å². The summed E-state index contributed by atoms with van der Waals surface area (Å²) in [7, 11) is 0. The Balaban J connectivity index is 3.26. The summed E-state index contributed by atoms with van der Waals surface area (Å²) in [6, 6.07) is 0. The van der Waals surface area contributed by atoms with Crippen molar-refractivity contribution in [2.45, 2.75) is 13.3 Å². The lowest BCUT2D eigenvalue weighted by Gasteiger charge is -2.21. The van der Waals surface area contributed by atoms with E-state index in [1.54, 1.807) is 0 Å². The second-order valence-corrected chi connectivity index (χ2v) is 5.40. The van der Waals surface area contributed by atoms with Crippen LogP contribution in [0.3, 0.4) is 0 Å². The molecule has 4 heteroatoms. The molecule has 0 aliphatic rings. The molecule has 0 fully saturated rings. The molecule has 0 amide bonds. The minimum atomic E-state index is -2.60. The molecule has 0 heterocycles. The van der Waals surface area contributed by atoms with Crippen LogP contribution in [0.1, 0.15) is 13.3 Å². The van der Waals surface area contributed by atoms with Crippen LogP contribution in [0.15, 0.2) is 0 Å². The van der Waals surface area contributed by atoms with Gasteiger partial charge in [-0.15, -0.1) is 0 Å². The van der Waals surface area contributed by atoms with Crippen LogP contribution >= 0.6 is 6.49 Å². The third-order valence-electron chi connectivity index (χ3n) is 0.530. The molecule has 0 radical (unpaired) electrons. The summed E-state index contributed by atoms with van der Waals surface area (Å²) in [6.45, 7) is 1.30. The number of rotatable bonds is 3. The van der Waals surface area contributed by atoms with Crippen LogP contribution in [0, 0.1) is 0 Å². The Morgan fingerprint density at radius 3 is 2.38 bits per heavy atom. The lowest BCUT2D eigenvalue weighted by atomic mass is 10.5. The molecular weight excluding hydrogens is 143 g/mol. The molecule has 2 nitrogen and oxygen atoms in total. The van der Waals surface area contributed by atoms with Gasteiger partial charge in [-0.1, -0.05) is 18.7 Å². The monoisotopic (exact) mass is 153 g/mol. The molecule has 0 aromatic carbocycles. The highest BCUT2D eigenvalue weighted by Gasteiger charge is 1.89. The Labute approximate surface area is 55.0 Å². The molecule has 0 aromatic heterocycles. The molecule has 1 unspecified atom stereocenters. The average Bonchev–Trinajstić information content (AvgIpc) is 1.59. The van der Waals surface area contributed by atoms with Crippen molar-refractivity contribution in [1.29, 1.82) is 0 Å². The highest BCUT2D eigenvalue weighted by molar-refractivity contribution is 8.08. The standard InChI is InChI=1S/C4H11O2PS/c1-3-4-6-7(2,5)8/h3-4H2,1-2H3,(H,5,8)/p-1. The lowest BCUT2D eigenvalue weighted by Crippen LogP contribution is -2.02. The summed E-state index contributed by atoms with van der Waals surface area (Å²) in [5.74, 6) is 0. The summed E-state index contributed by atoms with van der Waals surface area (Å²) in [5, 5.41) is 0. The van der Waals surface area contributed by atoms with Crippen LogP contribution < -0.4 is 4.89 Å². The molecule has 8 heavy (non-hydrogen) atoms. The Morgan fingerprint density at radius 1 is 1.75 bits per heavy atom. The molecule has 0 N–H and O–H groups in total. The first-order valence-corrected chi connectivity index (χ1v) is 5.58. The second-order valence-electron chi connectivity index (χ2n) is 1.60. The number of hydrogen-bond acceptors (Lipinski definition) is 3. The van der Waals surface area contributed by atoms with Crippen molar-refractivity contribution in [3.05, 3.63) is 0 Å². The maximum Gasteiger partial charge on any atom is 0.0500 e. The topological polar surface area (TPSA) is 32.3 Å². The molecule has 0 bridgehead atoms. The minimum absolute atomic E-state index is 0.511. The first-order valence-electron chi connectivity index (χ1n) is 2.49. The maximum absolute atomic E-state index is 10.6. The SMILES string of the molecule is CCCOP(C)([O-])=S. The van der Waals surface area contributed by atoms with Gasteiger partial charge in [-0.3, -0.25) is 0 Å². The fourth-order valence-corrected chi connectivity index (χ4v) is 0.995.